The molecule has 0 spiro atoms. The number of aliphatic hydroxyl groups excluding tert-OH is 1. The first-order chi connectivity index (χ1) is 7.25. The third-order valence-electron chi connectivity index (χ3n) is 2.05. The Hall–Kier alpha value is -0.980. The van der Waals surface area contributed by atoms with Crippen LogP contribution in [0.15, 0.2) is 18.2 Å². The van der Waals surface area contributed by atoms with Crippen LogP contribution in [0.1, 0.15) is 11.6 Å². The molecule has 7 heteroatoms. The molecule has 1 aromatic carbocycles. The van der Waals surface area contributed by atoms with E-state index < -0.39 is 24.1 Å². The number of phenolic OH excluding ortho intramolecular Hbond substituents is 1. The predicted molar refractivity (Wildman–Crippen MR) is 52.1 cm³/mol. The van der Waals surface area contributed by atoms with Crippen LogP contribution in [0.4, 0.5) is 13.2 Å². The lowest BCUT2D eigenvalue weighted by Crippen LogP contribution is -2.38. The molecule has 0 saturated carbocycles. The first kappa shape index (κ1) is 13.1. The van der Waals surface area contributed by atoms with Gasteiger partial charge in [0.25, 0.3) is 0 Å². The van der Waals surface area contributed by atoms with E-state index in [0.29, 0.717) is 0 Å². The van der Waals surface area contributed by atoms with Crippen LogP contribution in [-0.4, -0.2) is 22.5 Å². The molecule has 0 aromatic heterocycles. The highest BCUT2D eigenvalue weighted by atomic mass is 35.5. The zero-order chi connectivity index (χ0) is 12.5. The molecule has 0 fully saturated rings. The van der Waals surface area contributed by atoms with Crippen LogP contribution in [0.2, 0.25) is 5.02 Å². The van der Waals surface area contributed by atoms with Crippen molar-refractivity contribution in [2.75, 3.05) is 0 Å². The summed E-state index contributed by atoms with van der Waals surface area (Å²) in [5.74, 6) is -0.556. The minimum atomic E-state index is -4.85. The van der Waals surface area contributed by atoms with E-state index in [0.717, 1.165) is 0 Å². The second kappa shape index (κ2) is 4.48. The van der Waals surface area contributed by atoms with Gasteiger partial charge in [-0.05, 0) is 6.07 Å². The second-order valence-corrected chi connectivity index (χ2v) is 3.60. The molecular weight excluding hydrogens is 247 g/mol. The number of halogens is 4. The van der Waals surface area contributed by atoms with Crippen LogP contribution in [-0.2, 0) is 0 Å². The highest BCUT2D eigenvalue weighted by molar-refractivity contribution is 6.32. The fraction of sp³-hybridized carbons (Fsp3) is 0.333. The van der Waals surface area contributed by atoms with Crippen LogP contribution < -0.4 is 5.73 Å². The van der Waals surface area contributed by atoms with Crippen molar-refractivity contribution >= 4 is 11.6 Å². The molecule has 1 rings (SSSR count). The van der Waals surface area contributed by atoms with E-state index in [9.17, 15) is 18.3 Å². The summed E-state index contributed by atoms with van der Waals surface area (Å²) in [7, 11) is 0. The summed E-state index contributed by atoms with van der Waals surface area (Å²) >= 11 is 5.51. The van der Waals surface area contributed by atoms with Crippen molar-refractivity contribution < 1.29 is 23.4 Å². The van der Waals surface area contributed by atoms with Gasteiger partial charge in [0.15, 0.2) is 6.10 Å². The van der Waals surface area contributed by atoms with E-state index in [2.05, 4.69) is 0 Å². The van der Waals surface area contributed by atoms with Crippen LogP contribution in [0.5, 0.6) is 5.75 Å². The Morgan fingerprint density at radius 1 is 1.31 bits per heavy atom. The van der Waals surface area contributed by atoms with Gasteiger partial charge in [-0.3, -0.25) is 0 Å². The topological polar surface area (TPSA) is 66.5 Å². The van der Waals surface area contributed by atoms with E-state index in [-0.39, 0.29) is 10.6 Å². The van der Waals surface area contributed by atoms with Crippen molar-refractivity contribution in [3.63, 3.8) is 0 Å². The summed E-state index contributed by atoms with van der Waals surface area (Å²) in [5.41, 5.74) is 4.95. The van der Waals surface area contributed by atoms with Crippen LogP contribution in [0.3, 0.4) is 0 Å². The molecule has 0 amide bonds. The van der Waals surface area contributed by atoms with Crippen LogP contribution >= 0.6 is 11.6 Å². The molecule has 2 atom stereocenters. The maximum absolute atomic E-state index is 12.2. The van der Waals surface area contributed by atoms with Crippen molar-refractivity contribution in [1.82, 2.24) is 0 Å². The monoisotopic (exact) mass is 255 g/mol. The smallest absolute Gasteiger partial charge is 0.416 e. The molecule has 16 heavy (non-hydrogen) atoms. The molecule has 0 aliphatic rings. The summed E-state index contributed by atoms with van der Waals surface area (Å²) < 4.78 is 36.5. The van der Waals surface area contributed by atoms with Crippen molar-refractivity contribution in [3.8, 4) is 5.75 Å². The highest BCUT2D eigenvalue weighted by Crippen LogP contribution is 2.35. The Kier molecular flexibility index (Phi) is 3.67. The van der Waals surface area contributed by atoms with Crippen molar-refractivity contribution in [3.05, 3.63) is 28.8 Å². The number of benzene rings is 1. The molecule has 4 N–H and O–H groups in total. The van der Waals surface area contributed by atoms with Gasteiger partial charge in [0, 0.05) is 5.56 Å². The van der Waals surface area contributed by atoms with E-state index in [1.807, 2.05) is 0 Å². The second-order valence-electron chi connectivity index (χ2n) is 3.19. The number of para-hydroxylation sites is 1. The van der Waals surface area contributed by atoms with Gasteiger partial charge in [-0.2, -0.15) is 13.2 Å². The first-order valence-corrected chi connectivity index (χ1v) is 4.60. The van der Waals surface area contributed by atoms with Gasteiger partial charge in [0.2, 0.25) is 0 Å². The quantitative estimate of drug-likeness (QED) is 0.757. The fourth-order valence-electron chi connectivity index (χ4n) is 1.17. The summed E-state index contributed by atoms with van der Waals surface area (Å²) in [6.45, 7) is 0. The first-order valence-electron chi connectivity index (χ1n) is 4.23. The molecule has 0 radical (unpaired) electrons. The lowest BCUT2D eigenvalue weighted by atomic mass is 10.0. The molecule has 0 aliphatic heterocycles. The normalized spacial score (nSPS) is 15.9. The highest BCUT2D eigenvalue weighted by Gasteiger charge is 2.43. The Labute approximate surface area is 94.3 Å². The van der Waals surface area contributed by atoms with Gasteiger partial charge >= 0.3 is 6.18 Å². The zero-order valence-electron chi connectivity index (χ0n) is 7.87. The number of phenols is 1. The number of nitrogens with two attached hydrogens (primary N) is 1. The molecule has 0 unspecified atom stereocenters. The van der Waals surface area contributed by atoms with Gasteiger partial charge in [-0.25, -0.2) is 0 Å². The number of hydrogen-bond acceptors (Lipinski definition) is 3. The largest absolute Gasteiger partial charge is 0.506 e. The Morgan fingerprint density at radius 2 is 1.88 bits per heavy atom. The third kappa shape index (κ3) is 2.58. The summed E-state index contributed by atoms with van der Waals surface area (Å²) in [4.78, 5) is 0. The molecule has 0 aliphatic carbocycles. The Bertz CT molecular complexity index is 384. The van der Waals surface area contributed by atoms with Gasteiger partial charge < -0.3 is 15.9 Å². The average molecular weight is 256 g/mol. The van der Waals surface area contributed by atoms with E-state index >= 15 is 0 Å². The predicted octanol–water partition coefficient (Wildman–Crippen LogP) is 1.97. The molecule has 0 bridgehead atoms. The number of aromatic hydroxyl groups is 1. The van der Waals surface area contributed by atoms with Gasteiger partial charge in [0.05, 0.1) is 11.1 Å². The Morgan fingerprint density at radius 3 is 2.38 bits per heavy atom. The third-order valence-corrected chi connectivity index (χ3v) is 2.36. The SMILES string of the molecule is N[C@H](c1cccc(Cl)c1O)[C@@H](O)C(F)(F)F. The molecule has 0 heterocycles. The maximum Gasteiger partial charge on any atom is 0.416 e. The molecule has 0 saturated heterocycles. The van der Waals surface area contributed by atoms with Gasteiger partial charge in [0.1, 0.15) is 5.75 Å². The van der Waals surface area contributed by atoms with E-state index in [1.165, 1.54) is 18.2 Å². The van der Waals surface area contributed by atoms with Crippen LogP contribution in [0.25, 0.3) is 0 Å². The minimum absolute atomic E-state index is 0.123. The van der Waals surface area contributed by atoms with Gasteiger partial charge in [-0.1, -0.05) is 23.7 Å². The molecule has 3 nitrogen and oxygen atoms in total. The zero-order valence-corrected chi connectivity index (χ0v) is 8.63. The summed E-state index contributed by atoms with van der Waals surface area (Å²) in [6.07, 6.45) is -7.61. The summed E-state index contributed by atoms with van der Waals surface area (Å²) in [5, 5.41) is 18.2. The molecule has 90 valence electrons. The number of aliphatic hydroxyl groups is 1. The Balaban J connectivity index is 3.06. The van der Waals surface area contributed by atoms with E-state index in [4.69, 9.17) is 22.4 Å². The van der Waals surface area contributed by atoms with E-state index in [1.54, 1.807) is 0 Å². The maximum atomic E-state index is 12.2. The lowest BCUT2D eigenvalue weighted by Gasteiger charge is -2.22. The van der Waals surface area contributed by atoms with Crippen molar-refractivity contribution in [2.24, 2.45) is 5.73 Å². The average Bonchev–Trinajstić information content (AvgIpc) is 2.18. The van der Waals surface area contributed by atoms with Crippen molar-refractivity contribution in [2.45, 2.75) is 18.3 Å². The standard InChI is InChI=1S/C9H9ClF3NO2/c10-5-3-1-2-4(7(5)15)6(14)8(16)9(11,12)13/h1-3,6,8,15-16H,14H2/t6-,8-/m1/s1. The minimum Gasteiger partial charge on any atom is -0.506 e. The summed E-state index contributed by atoms with van der Waals surface area (Å²) in [6, 6.07) is 2.02. The van der Waals surface area contributed by atoms with Crippen molar-refractivity contribution in [1.29, 1.82) is 0 Å². The van der Waals surface area contributed by atoms with Gasteiger partial charge in [-0.15, -0.1) is 0 Å². The van der Waals surface area contributed by atoms with Crippen LogP contribution in [0, 0.1) is 0 Å². The number of hydrogen-bond donors (Lipinski definition) is 3. The fourth-order valence-corrected chi connectivity index (χ4v) is 1.36. The molecule has 1 aromatic rings. The number of rotatable bonds is 2. The molecular formula is C9H9ClF3NO2. The lowest BCUT2D eigenvalue weighted by molar-refractivity contribution is -0.210. The number of alkyl halides is 3.